The minimum atomic E-state index is -4.74. The van der Waals surface area contributed by atoms with Crippen molar-refractivity contribution in [3.63, 3.8) is 0 Å². The molecule has 1 aliphatic rings. The standard InChI is InChI=1S/C17H21F3N4O3S/c1-27-11-8-16-22-21-12-24(16)13-6-9-23(10-7-13)28(25,26)15-5-3-2-4-14(15)17(18,19)20/h2-5,12-13H,6-11H2,1H3. The van der Waals surface area contributed by atoms with Gasteiger partial charge in [0.25, 0.3) is 0 Å². The van der Waals surface area contributed by atoms with Crippen LogP contribution in [0.5, 0.6) is 0 Å². The van der Waals surface area contributed by atoms with E-state index in [-0.39, 0.29) is 19.1 Å². The van der Waals surface area contributed by atoms with Gasteiger partial charge < -0.3 is 9.30 Å². The summed E-state index contributed by atoms with van der Waals surface area (Å²) in [6.07, 6.45) is -1.63. The van der Waals surface area contributed by atoms with Gasteiger partial charge in [0.2, 0.25) is 10.0 Å². The smallest absolute Gasteiger partial charge is 0.384 e. The van der Waals surface area contributed by atoms with Crippen LogP contribution in [0.2, 0.25) is 0 Å². The van der Waals surface area contributed by atoms with Gasteiger partial charge in [-0.15, -0.1) is 10.2 Å². The van der Waals surface area contributed by atoms with Crippen LogP contribution in [0.25, 0.3) is 0 Å². The number of hydrogen-bond donors (Lipinski definition) is 0. The average Bonchev–Trinajstić information content (AvgIpc) is 3.14. The minimum Gasteiger partial charge on any atom is -0.384 e. The Hall–Kier alpha value is -1.98. The molecule has 1 aliphatic heterocycles. The number of piperidine rings is 1. The quantitative estimate of drug-likeness (QED) is 0.721. The molecular weight excluding hydrogens is 397 g/mol. The van der Waals surface area contributed by atoms with Gasteiger partial charge in [-0.1, -0.05) is 12.1 Å². The number of benzene rings is 1. The van der Waals surface area contributed by atoms with Crippen LogP contribution in [0.4, 0.5) is 13.2 Å². The first kappa shape index (κ1) is 20.7. The molecule has 0 bridgehead atoms. The van der Waals surface area contributed by atoms with Crippen molar-refractivity contribution in [2.75, 3.05) is 26.8 Å². The number of aromatic nitrogens is 3. The lowest BCUT2D eigenvalue weighted by molar-refractivity contribution is -0.139. The summed E-state index contributed by atoms with van der Waals surface area (Å²) in [5.74, 6) is 0.741. The van der Waals surface area contributed by atoms with Crippen molar-refractivity contribution < 1.29 is 26.3 Å². The van der Waals surface area contributed by atoms with Gasteiger partial charge in [-0.25, -0.2) is 8.42 Å². The Balaban J connectivity index is 1.76. The molecule has 3 rings (SSSR count). The van der Waals surface area contributed by atoms with E-state index < -0.39 is 26.7 Å². The molecule has 0 radical (unpaired) electrons. The molecule has 1 aromatic heterocycles. The zero-order valence-electron chi connectivity index (χ0n) is 15.3. The van der Waals surface area contributed by atoms with E-state index in [0.29, 0.717) is 25.9 Å². The highest BCUT2D eigenvalue weighted by molar-refractivity contribution is 7.89. The number of sulfonamides is 1. The lowest BCUT2D eigenvalue weighted by Crippen LogP contribution is -2.39. The van der Waals surface area contributed by atoms with E-state index in [9.17, 15) is 21.6 Å². The highest BCUT2D eigenvalue weighted by atomic mass is 32.2. The molecule has 1 fully saturated rings. The van der Waals surface area contributed by atoms with E-state index in [0.717, 1.165) is 22.3 Å². The molecule has 0 saturated carbocycles. The van der Waals surface area contributed by atoms with Gasteiger partial charge in [-0.05, 0) is 25.0 Å². The lowest BCUT2D eigenvalue weighted by Gasteiger charge is -2.32. The number of hydrogen-bond acceptors (Lipinski definition) is 5. The third-order valence-corrected chi connectivity index (χ3v) is 6.76. The average molecular weight is 418 g/mol. The first-order valence-corrected chi connectivity index (χ1v) is 10.2. The maximum atomic E-state index is 13.2. The van der Waals surface area contributed by atoms with Crippen LogP contribution < -0.4 is 0 Å². The highest BCUT2D eigenvalue weighted by Gasteiger charge is 2.39. The Morgan fingerprint density at radius 2 is 1.89 bits per heavy atom. The molecule has 7 nitrogen and oxygen atoms in total. The predicted molar refractivity (Wildman–Crippen MR) is 94.1 cm³/mol. The number of nitrogens with zero attached hydrogens (tertiary/aromatic N) is 4. The van der Waals surface area contributed by atoms with E-state index in [4.69, 9.17) is 4.74 Å². The van der Waals surface area contributed by atoms with Crippen LogP contribution in [0.15, 0.2) is 35.5 Å². The highest BCUT2D eigenvalue weighted by Crippen LogP contribution is 2.36. The fraction of sp³-hybridized carbons (Fsp3) is 0.529. The Morgan fingerprint density at radius 3 is 2.54 bits per heavy atom. The summed E-state index contributed by atoms with van der Waals surface area (Å²) in [5, 5.41) is 7.96. The summed E-state index contributed by atoms with van der Waals surface area (Å²) in [5.41, 5.74) is -1.14. The third kappa shape index (κ3) is 4.20. The molecule has 154 valence electrons. The van der Waals surface area contributed by atoms with Gasteiger partial charge in [-0.3, -0.25) is 0 Å². The lowest BCUT2D eigenvalue weighted by atomic mass is 10.1. The molecule has 0 spiro atoms. The molecular formula is C17H21F3N4O3S. The Morgan fingerprint density at radius 1 is 1.21 bits per heavy atom. The van der Waals surface area contributed by atoms with E-state index in [1.165, 1.54) is 12.1 Å². The first-order valence-electron chi connectivity index (χ1n) is 8.79. The molecule has 0 atom stereocenters. The molecule has 1 saturated heterocycles. The fourth-order valence-electron chi connectivity index (χ4n) is 3.37. The second-order valence-corrected chi connectivity index (χ2v) is 8.43. The van der Waals surface area contributed by atoms with E-state index in [1.807, 2.05) is 4.57 Å². The molecule has 0 amide bonds. The Bertz CT molecular complexity index is 906. The number of methoxy groups -OCH3 is 1. The van der Waals surface area contributed by atoms with Crippen LogP contribution in [0.3, 0.4) is 0 Å². The summed E-state index contributed by atoms with van der Waals surface area (Å²) >= 11 is 0. The van der Waals surface area contributed by atoms with E-state index >= 15 is 0 Å². The number of halogens is 3. The van der Waals surface area contributed by atoms with Crippen molar-refractivity contribution in [1.82, 2.24) is 19.1 Å². The van der Waals surface area contributed by atoms with Crippen LogP contribution >= 0.6 is 0 Å². The summed E-state index contributed by atoms with van der Waals surface area (Å²) in [6, 6.07) is 4.27. The van der Waals surface area contributed by atoms with Crippen LogP contribution in [0.1, 0.15) is 30.3 Å². The molecule has 2 aromatic rings. The molecule has 1 aromatic carbocycles. The van der Waals surface area contributed by atoms with Gasteiger partial charge in [0.15, 0.2) is 0 Å². The zero-order valence-corrected chi connectivity index (χ0v) is 16.1. The minimum absolute atomic E-state index is 0.00818. The Labute approximate surface area is 161 Å². The largest absolute Gasteiger partial charge is 0.417 e. The number of alkyl halides is 3. The first-order chi connectivity index (χ1) is 13.2. The van der Waals surface area contributed by atoms with E-state index in [2.05, 4.69) is 10.2 Å². The normalized spacial score (nSPS) is 17.1. The molecule has 11 heteroatoms. The van der Waals surface area contributed by atoms with Gasteiger partial charge in [0.05, 0.1) is 17.1 Å². The topological polar surface area (TPSA) is 77.3 Å². The summed E-state index contributed by atoms with van der Waals surface area (Å²) in [7, 11) is -2.65. The maximum Gasteiger partial charge on any atom is 0.417 e. The summed E-state index contributed by atoms with van der Waals surface area (Å²) in [6.45, 7) is 0.738. The van der Waals surface area contributed by atoms with Crippen LogP contribution in [-0.4, -0.2) is 54.3 Å². The molecule has 28 heavy (non-hydrogen) atoms. The third-order valence-electron chi connectivity index (χ3n) is 4.80. The molecule has 0 N–H and O–H groups in total. The monoisotopic (exact) mass is 418 g/mol. The second-order valence-electron chi connectivity index (χ2n) is 6.53. The van der Waals surface area contributed by atoms with Crippen LogP contribution in [-0.2, 0) is 27.4 Å². The van der Waals surface area contributed by atoms with Crippen molar-refractivity contribution in [1.29, 1.82) is 0 Å². The Kier molecular flexibility index (Phi) is 6.06. The van der Waals surface area contributed by atoms with Crippen molar-refractivity contribution in [2.45, 2.75) is 36.4 Å². The zero-order chi connectivity index (χ0) is 20.4. The second kappa shape index (κ2) is 8.18. The predicted octanol–water partition coefficient (Wildman–Crippen LogP) is 2.51. The summed E-state index contributed by atoms with van der Waals surface area (Å²) in [4.78, 5) is -0.703. The van der Waals surface area contributed by atoms with Crippen molar-refractivity contribution in [3.05, 3.63) is 42.0 Å². The van der Waals surface area contributed by atoms with Gasteiger partial charge in [-0.2, -0.15) is 17.5 Å². The van der Waals surface area contributed by atoms with Crippen LogP contribution in [0, 0.1) is 0 Å². The fourth-order valence-corrected chi connectivity index (χ4v) is 5.05. The number of rotatable bonds is 6. The summed E-state index contributed by atoms with van der Waals surface area (Å²) < 4.78 is 73.4. The maximum absolute atomic E-state index is 13.2. The van der Waals surface area contributed by atoms with Crippen molar-refractivity contribution in [3.8, 4) is 0 Å². The van der Waals surface area contributed by atoms with Crippen molar-refractivity contribution >= 4 is 10.0 Å². The molecule has 0 aliphatic carbocycles. The van der Waals surface area contributed by atoms with Gasteiger partial charge >= 0.3 is 6.18 Å². The number of ether oxygens (including phenoxy) is 1. The molecule has 2 heterocycles. The SMILES string of the molecule is COCCc1nncn1C1CCN(S(=O)(=O)c2ccccc2C(F)(F)F)CC1. The van der Waals surface area contributed by atoms with Gasteiger partial charge in [0.1, 0.15) is 12.2 Å². The van der Waals surface area contributed by atoms with E-state index in [1.54, 1.807) is 13.4 Å². The van der Waals surface area contributed by atoms with Gasteiger partial charge in [0, 0.05) is 32.7 Å². The molecule has 0 unspecified atom stereocenters. The van der Waals surface area contributed by atoms with Crippen molar-refractivity contribution in [2.24, 2.45) is 0 Å².